The fourth-order valence-electron chi connectivity index (χ4n) is 2.54. The van der Waals surface area contributed by atoms with Crippen molar-refractivity contribution < 1.29 is 9.53 Å². The average Bonchev–Trinajstić information content (AvgIpc) is 2.25. The van der Waals surface area contributed by atoms with Crippen LogP contribution in [0.15, 0.2) is 12.3 Å². The molecule has 2 N–H and O–H groups in total. The van der Waals surface area contributed by atoms with Gasteiger partial charge in [-0.1, -0.05) is 0 Å². The Morgan fingerprint density at radius 3 is 2.84 bits per heavy atom. The van der Waals surface area contributed by atoms with Crippen LogP contribution in [0.1, 0.15) is 36.8 Å². The SMILES string of the molecule is Cc1cc(N)c(C(=O)N2CC(C)OC(C)(C)C2)cn1. The molecule has 1 saturated heterocycles. The summed E-state index contributed by atoms with van der Waals surface area (Å²) in [5.41, 5.74) is 7.34. The molecule has 0 bridgehead atoms. The number of hydrogen-bond donors (Lipinski definition) is 1. The Morgan fingerprint density at radius 1 is 1.58 bits per heavy atom. The minimum absolute atomic E-state index is 0.0207. The third-order valence-corrected chi connectivity index (χ3v) is 3.16. The molecule has 104 valence electrons. The molecule has 0 aliphatic carbocycles. The van der Waals surface area contributed by atoms with Crippen molar-refractivity contribution in [2.45, 2.75) is 39.4 Å². The van der Waals surface area contributed by atoms with E-state index >= 15 is 0 Å². The van der Waals surface area contributed by atoms with Gasteiger partial charge in [0.15, 0.2) is 0 Å². The van der Waals surface area contributed by atoms with E-state index in [4.69, 9.17) is 10.5 Å². The molecule has 1 aromatic heterocycles. The smallest absolute Gasteiger partial charge is 0.257 e. The largest absolute Gasteiger partial charge is 0.398 e. The summed E-state index contributed by atoms with van der Waals surface area (Å²) in [5, 5.41) is 0. The zero-order valence-corrected chi connectivity index (χ0v) is 11.9. The van der Waals surface area contributed by atoms with Gasteiger partial charge in [0.05, 0.1) is 17.3 Å². The van der Waals surface area contributed by atoms with Crippen LogP contribution in [0.4, 0.5) is 5.69 Å². The van der Waals surface area contributed by atoms with Gasteiger partial charge in [-0.25, -0.2) is 0 Å². The van der Waals surface area contributed by atoms with E-state index in [2.05, 4.69) is 4.98 Å². The molecule has 1 atom stereocenters. The lowest BCUT2D eigenvalue weighted by Gasteiger charge is -2.41. The van der Waals surface area contributed by atoms with Crippen molar-refractivity contribution in [3.8, 4) is 0 Å². The Balaban J connectivity index is 2.24. The van der Waals surface area contributed by atoms with E-state index in [-0.39, 0.29) is 17.6 Å². The van der Waals surface area contributed by atoms with Crippen LogP contribution in [-0.2, 0) is 4.74 Å². The fourth-order valence-corrected chi connectivity index (χ4v) is 2.54. The molecule has 1 amide bonds. The molecule has 1 aliphatic heterocycles. The van der Waals surface area contributed by atoms with Crippen LogP contribution in [-0.4, -0.2) is 40.6 Å². The number of hydrogen-bond acceptors (Lipinski definition) is 4. The van der Waals surface area contributed by atoms with E-state index in [0.29, 0.717) is 24.3 Å². The van der Waals surface area contributed by atoms with Gasteiger partial charge < -0.3 is 15.4 Å². The molecule has 5 nitrogen and oxygen atoms in total. The number of carbonyl (C=O) groups excluding carboxylic acids is 1. The van der Waals surface area contributed by atoms with Crippen molar-refractivity contribution in [2.24, 2.45) is 0 Å². The Hall–Kier alpha value is -1.62. The number of anilines is 1. The standard InChI is InChI=1S/C14H21N3O2/c1-9-5-12(15)11(6-16-9)13(18)17-7-10(2)19-14(3,4)8-17/h5-6,10H,7-8H2,1-4H3,(H2,15,16). The molecule has 19 heavy (non-hydrogen) atoms. The van der Waals surface area contributed by atoms with Crippen LogP contribution < -0.4 is 5.73 Å². The van der Waals surface area contributed by atoms with Crippen LogP contribution in [0, 0.1) is 6.92 Å². The molecule has 0 aromatic carbocycles. The van der Waals surface area contributed by atoms with Crippen molar-refractivity contribution in [2.75, 3.05) is 18.8 Å². The number of aromatic nitrogens is 1. The van der Waals surface area contributed by atoms with Gasteiger partial charge >= 0.3 is 0 Å². The highest BCUT2D eigenvalue weighted by Gasteiger charge is 2.34. The first-order valence-corrected chi connectivity index (χ1v) is 6.48. The Bertz CT molecular complexity index is 499. The topological polar surface area (TPSA) is 68.5 Å². The van der Waals surface area contributed by atoms with E-state index in [0.717, 1.165) is 5.69 Å². The van der Waals surface area contributed by atoms with Gasteiger partial charge in [0.1, 0.15) is 0 Å². The van der Waals surface area contributed by atoms with Crippen LogP contribution >= 0.6 is 0 Å². The molecular weight excluding hydrogens is 242 g/mol. The molecule has 0 saturated carbocycles. The van der Waals surface area contributed by atoms with Crippen LogP contribution in [0.25, 0.3) is 0 Å². The van der Waals surface area contributed by atoms with Crippen molar-refractivity contribution in [3.63, 3.8) is 0 Å². The highest BCUT2D eigenvalue weighted by Crippen LogP contribution is 2.23. The molecule has 5 heteroatoms. The van der Waals surface area contributed by atoms with Crippen LogP contribution in [0.2, 0.25) is 0 Å². The maximum atomic E-state index is 12.5. The summed E-state index contributed by atoms with van der Waals surface area (Å²) in [7, 11) is 0. The number of morpholine rings is 1. The molecule has 1 fully saturated rings. The van der Waals surface area contributed by atoms with Crippen LogP contribution in [0.3, 0.4) is 0 Å². The quantitative estimate of drug-likeness (QED) is 0.836. The first-order chi connectivity index (χ1) is 8.78. The predicted octanol–water partition coefficient (Wildman–Crippen LogP) is 1.61. The summed E-state index contributed by atoms with van der Waals surface area (Å²) in [4.78, 5) is 18.5. The van der Waals surface area contributed by atoms with Crippen molar-refractivity contribution in [3.05, 3.63) is 23.5 Å². The van der Waals surface area contributed by atoms with Gasteiger partial charge in [-0.15, -0.1) is 0 Å². The molecule has 1 aromatic rings. The lowest BCUT2D eigenvalue weighted by Crippen LogP contribution is -2.53. The number of nitrogens with zero attached hydrogens (tertiary/aromatic N) is 2. The van der Waals surface area contributed by atoms with Gasteiger partial charge in [-0.05, 0) is 33.8 Å². The number of aryl methyl sites for hydroxylation is 1. The molecule has 0 radical (unpaired) electrons. The van der Waals surface area contributed by atoms with Crippen molar-refractivity contribution in [1.29, 1.82) is 0 Å². The predicted molar refractivity (Wildman–Crippen MR) is 73.9 cm³/mol. The minimum atomic E-state index is -0.333. The first kappa shape index (κ1) is 13.8. The normalized spacial score (nSPS) is 22.3. The van der Waals surface area contributed by atoms with Gasteiger partial charge in [0, 0.05) is 30.7 Å². The molecular formula is C14H21N3O2. The van der Waals surface area contributed by atoms with E-state index in [1.165, 1.54) is 0 Å². The van der Waals surface area contributed by atoms with Gasteiger partial charge in [0.25, 0.3) is 5.91 Å². The monoisotopic (exact) mass is 263 g/mol. The molecule has 1 aliphatic rings. The zero-order valence-electron chi connectivity index (χ0n) is 11.9. The number of nitrogen functional groups attached to an aromatic ring is 1. The second-order valence-electron chi connectivity index (χ2n) is 5.79. The molecule has 2 rings (SSSR count). The van der Waals surface area contributed by atoms with Gasteiger partial charge in [-0.2, -0.15) is 0 Å². The maximum absolute atomic E-state index is 12.5. The molecule has 1 unspecified atom stereocenters. The van der Waals surface area contributed by atoms with E-state index < -0.39 is 0 Å². The van der Waals surface area contributed by atoms with E-state index in [1.807, 2.05) is 27.7 Å². The number of pyridine rings is 1. The Labute approximate surface area is 113 Å². The van der Waals surface area contributed by atoms with E-state index in [1.54, 1.807) is 17.2 Å². The van der Waals surface area contributed by atoms with Crippen molar-refractivity contribution >= 4 is 11.6 Å². The number of amides is 1. The summed E-state index contributed by atoms with van der Waals surface area (Å²) in [5.74, 6) is -0.0757. The maximum Gasteiger partial charge on any atom is 0.257 e. The number of nitrogens with two attached hydrogens (primary N) is 1. The highest BCUT2D eigenvalue weighted by atomic mass is 16.5. The van der Waals surface area contributed by atoms with Crippen LogP contribution in [0.5, 0.6) is 0 Å². The second kappa shape index (κ2) is 4.81. The number of carbonyl (C=O) groups is 1. The summed E-state index contributed by atoms with van der Waals surface area (Å²) in [6, 6.07) is 1.72. The minimum Gasteiger partial charge on any atom is -0.398 e. The summed E-state index contributed by atoms with van der Waals surface area (Å²) >= 11 is 0. The first-order valence-electron chi connectivity index (χ1n) is 6.48. The Kier molecular flexibility index (Phi) is 3.49. The number of ether oxygens (including phenoxy) is 1. The fraction of sp³-hybridized carbons (Fsp3) is 0.571. The van der Waals surface area contributed by atoms with Gasteiger partial charge in [-0.3, -0.25) is 9.78 Å². The molecule has 2 heterocycles. The third-order valence-electron chi connectivity index (χ3n) is 3.16. The van der Waals surface area contributed by atoms with Gasteiger partial charge in [0.2, 0.25) is 0 Å². The Morgan fingerprint density at radius 2 is 2.26 bits per heavy atom. The summed E-state index contributed by atoms with van der Waals surface area (Å²) in [6.07, 6.45) is 1.58. The average molecular weight is 263 g/mol. The van der Waals surface area contributed by atoms with E-state index in [9.17, 15) is 4.79 Å². The summed E-state index contributed by atoms with van der Waals surface area (Å²) in [6.45, 7) is 8.93. The second-order valence-corrected chi connectivity index (χ2v) is 5.79. The lowest BCUT2D eigenvalue weighted by atomic mass is 10.0. The molecule has 0 spiro atoms. The summed E-state index contributed by atoms with van der Waals surface area (Å²) < 4.78 is 5.80. The third kappa shape index (κ3) is 3.04. The highest BCUT2D eigenvalue weighted by molar-refractivity contribution is 5.99. The lowest BCUT2D eigenvalue weighted by molar-refractivity contribution is -0.118. The number of rotatable bonds is 1. The van der Waals surface area contributed by atoms with Crippen molar-refractivity contribution in [1.82, 2.24) is 9.88 Å². The zero-order chi connectivity index (χ0) is 14.2.